The minimum atomic E-state index is -0.853. The number of anilines is 3. The monoisotopic (exact) mass is 489 g/mol. The smallest absolute Gasteiger partial charge is 0.414 e. The van der Waals surface area contributed by atoms with Gasteiger partial charge in [-0.25, -0.2) is 23.4 Å². The number of carbonyl (C=O) groups excluding carboxylic acids is 3. The number of aromatic nitrogens is 1. The zero-order chi connectivity index (χ0) is 24.9. The van der Waals surface area contributed by atoms with Crippen LogP contribution < -0.4 is 15.1 Å². The van der Waals surface area contributed by atoms with E-state index in [1.165, 1.54) is 18.0 Å². The van der Waals surface area contributed by atoms with Crippen molar-refractivity contribution in [3.05, 3.63) is 48.3 Å². The van der Waals surface area contributed by atoms with E-state index in [0.29, 0.717) is 12.1 Å². The van der Waals surface area contributed by atoms with Crippen LogP contribution in [0.2, 0.25) is 0 Å². The van der Waals surface area contributed by atoms with Gasteiger partial charge in [0.1, 0.15) is 17.6 Å². The van der Waals surface area contributed by atoms with Crippen LogP contribution in [0, 0.1) is 11.6 Å². The van der Waals surface area contributed by atoms with Crippen LogP contribution in [0.15, 0.2) is 36.7 Å². The van der Waals surface area contributed by atoms with Gasteiger partial charge in [-0.3, -0.25) is 14.7 Å². The molecular formula is C23H25F2N5O5. The van der Waals surface area contributed by atoms with Crippen LogP contribution in [0.1, 0.15) is 19.8 Å². The fourth-order valence-corrected chi connectivity index (χ4v) is 3.91. The standard InChI is InChI=1S/C23H25F2N5O5/c1-15(31)4-5-18-14-29(23(33)35-18)17-11-19(24)21(20(25)12-17)28-7-8-30(34-10-9-28)22(32)27-16-3-2-6-26-13-16/h2-3,6,11-13,18H,4-5,7-10,14H2,1H3,(H,27,32)/t18-/m0/s1. The number of hydrogen-bond acceptors (Lipinski definition) is 7. The molecule has 3 amide bonds. The summed E-state index contributed by atoms with van der Waals surface area (Å²) in [5.74, 6) is -1.74. The summed E-state index contributed by atoms with van der Waals surface area (Å²) in [7, 11) is 0. The van der Waals surface area contributed by atoms with E-state index in [4.69, 9.17) is 9.57 Å². The van der Waals surface area contributed by atoms with Gasteiger partial charge in [0.15, 0.2) is 11.6 Å². The van der Waals surface area contributed by atoms with Gasteiger partial charge in [0, 0.05) is 37.8 Å². The maximum absolute atomic E-state index is 15.1. The van der Waals surface area contributed by atoms with Crippen LogP contribution >= 0.6 is 0 Å². The molecule has 2 saturated heterocycles. The molecule has 3 heterocycles. The average Bonchev–Trinajstić information content (AvgIpc) is 3.02. The number of hydrogen-bond donors (Lipinski definition) is 1. The lowest BCUT2D eigenvalue weighted by Crippen LogP contribution is -2.37. The lowest BCUT2D eigenvalue weighted by molar-refractivity contribution is -0.117. The van der Waals surface area contributed by atoms with Gasteiger partial charge in [-0.2, -0.15) is 0 Å². The number of halogens is 2. The fraction of sp³-hybridized carbons (Fsp3) is 0.391. The van der Waals surface area contributed by atoms with Crippen LogP contribution in [0.5, 0.6) is 0 Å². The number of ether oxygens (including phenoxy) is 1. The summed E-state index contributed by atoms with van der Waals surface area (Å²) in [4.78, 5) is 47.8. The van der Waals surface area contributed by atoms with Crippen molar-refractivity contribution >= 4 is 35.0 Å². The van der Waals surface area contributed by atoms with Crippen molar-refractivity contribution in [2.75, 3.05) is 47.9 Å². The third-order valence-electron chi connectivity index (χ3n) is 5.64. The number of nitrogens with zero attached hydrogens (tertiary/aromatic N) is 4. The van der Waals surface area contributed by atoms with Crippen molar-refractivity contribution in [3.63, 3.8) is 0 Å². The largest absolute Gasteiger partial charge is 0.444 e. The van der Waals surface area contributed by atoms with Crippen molar-refractivity contribution in [2.45, 2.75) is 25.9 Å². The van der Waals surface area contributed by atoms with Crippen LogP contribution in [-0.4, -0.2) is 66.8 Å². The molecule has 1 aromatic carbocycles. The van der Waals surface area contributed by atoms with E-state index in [1.54, 1.807) is 18.3 Å². The number of rotatable bonds is 6. The molecule has 35 heavy (non-hydrogen) atoms. The summed E-state index contributed by atoms with van der Waals surface area (Å²) in [6, 6.07) is 4.97. The van der Waals surface area contributed by atoms with Crippen LogP contribution in [0.3, 0.4) is 0 Å². The summed E-state index contributed by atoms with van der Waals surface area (Å²) >= 11 is 0. The third kappa shape index (κ3) is 5.83. The number of ketones is 1. The van der Waals surface area contributed by atoms with Gasteiger partial charge >= 0.3 is 12.1 Å². The summed E-state index contributed by atoms with van der Waals surface area (Å²) in [6.45, 7) is 1.89. The zero-order valence-electron chi connectivity index (χ0n) is 19.1. The number of Topliss-reactive ketones (excluding diaryl/α,β-unsaturated/α-hetero) is 1. The molecule has 0 bridgehead atoms. The Hall–Kier alpha value is -3.80. The highest BCUT2D eigenvalue weighted by Crippen LogP contribution is 2.32. The van der Waals surface area contributed by atoms with Crippen molar-refractivity contribution < 1.29 is 32.7 Å². The molecule has 0 spiro atoms. The molecule has 1 aromatic heterocycles. The first kappa shape index (κ1) is 24.3. The molecule has 186 valence electrons. The van der Waals surface area contributed by atoms with Gasteiger partial charge in [0.05, 0.1) is 37.3 Å². The molecular weight excluding hydrogens is 464 g/mol. The topological polar surface area (TPSA) is 104 Å². The van der Waals surface area contributed by atoms with E-state index in [1.807, 2.05) is 0 Å². The molecule has 12 heteroatoms. The Balaban J connectivity index is 1.42. The number of carbonyl (C=O) groups is 3. The van der Waals surface area contributed by atoms with E-state index < -0.39 is 29.9 Å². The van der Waals surface area contributed by atoms with Gasteiger partial charge in [0.2, 0.25) is 0 Å². The maximum atomic E-state index is 15.1. The Kier molecular flexibility index (Phi) is 7.39. The van der Waals surface area contributed by atoms with Crippen LogP contribution in [-0.2, 0) is 14.4 Å². The van der Waals surface area contributed by atoms with E-state index in [-0.39, 0.29) is 56.4 Å². The summed E-state index contributed by atoms with van der Waals surface area (Å²) in [6.07, 6.45) is 2.41. The lowest BCUT2D eigenvalue weighted by atomic mass is 10.1. The quantitative estimate of drug-likeness (QED) is 0.664. The minimum Gasteiger partial charge on any atom is -0.444 e. The van der Waals surface area contributed by atoms with Crippen molar-refractivity contribution in [2.24, 2.45) is 0 Å². The Morgan fingerprint density at radius 2 is 1.97 bits per heavy atom. The molecule has 0 radical (unpaired) electrons. The fourth-order valence-electron chi connectivity index (χ4n) is 3.91. The molecule has 1 atom stereocenters. The van der Waals surface area contributed by atoms with Crippen LogP contribution in [0.25, 0.3) is 0 Å². The highest BCUT2D eigenvalue weighted by Gasteiger charge is 2.34. The van der Waals surface area contributed by atoms with Crippen molar-refractivity contribution in [1.82, 2.24) is 10.0 Å². The van der Waals surface area contributed by atoms with Crippen molar-refractivity contribution in [3.8, 4) is 0 Å². The van der Waals surface area contributed by atoms with Gasteiger partial charge in [-0.15, -0.1) is 0 Å². The molecule has 4 rings (SSSR count). The predicted molar refractivity (Wildman–Crippen MR) is 122 cm³/mol. The summed E-state index contributed by atoms with van der Waals surface area (Å²) in [5.41, 5.74) is 0.244. The van der Waals surface area contributed by atoms with E-state index >= 15 is 8.78 Å². The number of nitrogens with one attached hydrogen (secondary N) is 1. The Labute approximate surface area is 200 Å². The minimum absolute atomic E-state index is 0.0252. The lowest BCUT2D eigenvalue weighted by Gasteiger charge is -2.24. The summed E-state index contributed by atoms with van der Waals surface area (Å²) < 4.78 is 35.3. The van der Waals surface area contributed by atoms with Crippen molar-refractivity contribution in [1.29, 1.82) is 0 Å². The number of urea groups is 1. The molecule has 10 nitrogen and oxygen atoms in total. The maximum Gasteiger partial charge on any atom is 0.414 e. The first-order valence-corrected chi connectivity index (χ1v) is 11.1. The van der Waals surface area contributed by atoms with E-state index in [9.17, 15) is 14.4 Å². The molecule has 0 aliphatic carbocycles. The summed E-state index contributed by atoms with van der Waals surface area (Å²) in [5, 5.41) is 3.74. The normalized spacial score (nSPS) is 18.3. The van der Waals surface area contributed by atoms with Gasteiger partial charge in [0.25, 0.3) is 0 Å². The molecule has 2 aromatic rings. The molecule has 2 aliphatic rings. The molecule has 2 aliphatic heterocycles. The highest BCUT2D eigenvalue weighted by atomic mass is 19.1. The van der Waals surface area contributed by atoms with E-state index in [2.05, 4.69) is 10.3 Å². The van der Waals surface area contributed by atoms with Gasteiger partial charge in [-0.05, 0) is 25.5 Å². The second-order valence-corrected chi connectivity index (χ2v) is 8.21. The second kappa shape index (κ2) is 10.6. The molecule has 1 N–H and O–H groups in total. The Morgan fingerprint density at radius 1 is 1.20 bits per heavy atom. The molecule has 0 saturated carbocycles. The number of pyridine rings is 1. The zero-order valence-corrected chi connectivity index (χ0v) is 19.1. The first-order valence-electron chi connectivity index (χ1n) is 11.1. The third-order valence-corrected chi connectivity index (χ3v) is 5.64. The highest BCUT2D eigenvalue weighted by molar-refractivity contribution is 5.90. The Morgan fingerprint density at radius 3 is 2.66 bits per heavy atom. The number of hydroxylamine groups is 2. The first-order chi connectivity index (χ1) is 16.8. The SMILES string of the molecule is CC(=O)CC[C@H]1CN(c2cc(F)c(N3CCON(C(=O)Nc4cccnc4)CC3)c(F)c2)C(=O)O1. The van der Waals surface area contributed by atoms with Gasteiger partial charge in [-0.1, -0.05) is 0 Å². The predicted octanol–water partition coefficient (Wildman–Crippen LogP) is 3.34. The number of amides is 3. The molecule has 2 fully saturated rings. The number of benzene rings is 1. The molecule has 0 unspecified atom stereocenters. The second-order valence-electron chi connectivity index (χ2n) is 8.21. The van der Waals surface area contributed by atoms with Gasteiger partial charge < -0.3 is 19.7 Å². The van der Waals surface area contributed by atoms with E-state index in [0.717, 1.165) is 22.1 Å². The Bertz CT molecular complexity index is 1080. The number of cyclic esters (lactones) is 1. The average molecular weight is 489 g/mol. The van der Waals surface area contributed by atoms with Crippen LogP contribution in [0.4, 0.5) is 35.4 Å².